The Morgan fingerprint density at radius 1 is 1.24 bits per heavy atom. The van der Waals surface area contributed by atoms with Crippen molar-refractivity contribution in [3.05, 3.63) is 61.5 Å². The predicted octanol–water partition coefficient (Wildman–Crippen LogP) is 4.97. The van der Waals surface area contributed by atoms with Crippen LogP contribution in [0.15, 0.2) is 34.9 Å². The molecule has 11 heteroatoms. The fourth-order valence-corrected chi connectivity index (χ4v) is 3.68. The summed E-state index contributed by atoms with van der Waals surface area (Å²) in [5, 5.41) is 12.7. The molecule has 29 heavy (non-hydrogen) atoms. The van der Waals surface area contributed by atoms with Gasteiger partial charge in [0.1, 0.15) is 21.6 Å². The maximum Gasteiger partial charge on any atom is 0.271 e. The average Bonchev–Trinajstić information content (AvgIpc) is 3.25. The van der Waals surface area contributed by atoms with Crippen molar-refractivity contribution in [3.63, 3.8) is 0 Å². The summed E-state index contributed by atoms with van der Waals surface area (Å²) in [5.41, 5.74) is 0.985. The summed E-state index contributed by atoms with van der Waals surface area (Å²) >= 11 is 21.4. The monoisotopic (exact) mass is 519 g/mol. The standard InChI is InChI=1S/C18H17BrCl3N5O2/c1-11-16(21)17(22)27(24-11)7-2-6-23-18(28)14-5-8-26(25-14)10-29-15-4-3-12(20)9-13(15)19/h3-5,8-9H,2,6-7,10H2,1H3,(H,23,28). The third-order valence-corrected chi connectivity index (χ3v) is 5.74. The van der Waals surface area contributed by atoms with E-state index >= 15 is 0 Å². The Hall–Kier alpha value is -1.74. The summed E-state index contributed by atoms with van der Waals surface area (Å²) in [7, 11) is 0. The molecule has 0 atom stereocenters. The molecule has 3 aromatic rings. The zero-order valence-electron chi connectivity index (χ0n) is 15.3. The van der Waals surface area contributed by atoms with Gasteiger partial charge in [-0.2, -0.15) is 10.2 Å². The molecule has 0 aliphatic carbocycles. The summed E-state index contributed by atoms with van der Waals surface area (Å²) in [5.74, 6) is 0.362. The number of rotatable bonds is 8. The summed E-state index contributed by atoms with van der Waals surface area (Å²) in [6.07, 6.45) is 2.32. The van der Waals surface area contributed by atoms with Crippen LogP contribution in [0.4, 0.5) is 0 Å². The van der Waals surface area contributed by atoms with Gasteiger partial charge in [-0.1, -0.05) is 34.8 Å². The van der Waals surface area contributed by atoms with E-state index in [9.17, 15) is 4.79 Å². The van der Waals surface area contributed by atoms with Gasteiger partial charge in [0.15, 0.2) is 6.73 Å². The number of nitrogens with one attached hydrogen (secondary N) is 1. The molecule has 0 aliphatic heterocycles. The van der Waals surface area contributed by atoms with Gasteiger partial charge in [-0.15, -0.1) is 0 Å². The van der Waals surface area contributed by atoms with Crippen molar-refractivity contribution in [1.29, 1.82) is 0 Å². The fraction of sp³-hybridized carbons (Fsp3) is 0.278. The van der Waals surface area contributed by atoms with E-state index in [1.165, 1.54) is 4.68 Å². The second kappa shape index (κ2) is 9.84. The molecule has 1 amide bonds. The number of nitrogens with zero attached hydrogens (tertiary/aromatic N) is 4. The Morgan fingerprint density at radius 3 is 2.72 bits per heavy atom. The maximum atomic E-state index is 12.2. The Balaban J connectivity index is 1.45. The van der Waals surface area contributed by atoms with Crippen LogP contribution in [0.3, 0.4) is 0 Å². The lowest BCUT2D eigenvalue weighted by molar-refractivity contribution is 0.0945. The first kappa shape index (κ1) is 22.0. The minimum absolute atomic E-state index is 0.158. The molecule has 0 saturated carbocycles. The van der Waals surface area contributed by atoms with Crippen molar-refractivity contribution < 1.29 is 9.53 Å². The van der Waals surface area contributed by atoms with Crippen LogP contribution in [0, 0.1) is 6.92 Å². The van der Waals surface area contributed by atoms with Crippen molar-refractivity contribution in [2.24, 2.45) is 0 Å². The van der Waals surface area contributed by atoms with Gasteiger partial charge in [-0.25, -0.2) is 4.68 Å². The summed E-state index contributed by atoms with van der Waals surface area (Å²) in [6, 6.07) is 6.85. The minimum atomic E-state index is -0.266. The molecule has 1 aromatic carbocycles. The number of ether oxygens (including phenoxy) is 1. The summed E-state index contributed by atoms with van der Waals surface area (Å²) < 4.78 is 9.56. The van der Waals surface area contributed by atoms with Crippen molar-refractivity contribution in [2.75, 3.05) is 6.54 Å². The van der Waals surface area contributed by atoms with E-state index in [1.54, 1.807) is 42.1 Å². The molecule has 7 nitrogen and oxygen atoms in total. The maximum absolute atomic E-state index is 12.2. The van der Waals surface area contributed by atoms with Crippen molar-refractivity contribution in [2.45, 2.75) is 26.6 Å². The highest BCUT2D eigenvalue weighted by atomic mass is 79.9. The van der Waals surface area contributed by atoms with E-state index < -0.39 is 0 Å². The van der Waals surface area contributed by atoms with E-state index in [2.05, 4.69) is 31.4 Å². The van der Waals surface area contributed by atoms with Crippen molar-refractivity contribution >= 4 is 56.6 Å². The van der Waals surface area contributed by atoms with Gasteiger partial charge >= 0.3 is 0 Å². The predicted molar refractivity (Wildman–Crippen MR) is 116 cm³/mol. The Kier molecular flexibility index (Phi) is 7.45. The molecule has 0 saturated heterocycles. The first-order valence-corrected chi connectivity index (χ1v) is 10.6. The van der Waals surface area contributed by atoms with Crippen LogP contribution in [0.25, 0.3) is 0 Å². The first-order chi connectivity index (χ1) is 13.8. The van der Waals surface area contributed by atoms with Crippen LogP contribution in [0.5, 0.6) is 5.75 Å². The smallest absolute Gasteiger partial charge is 0.271 e. The van der Waals surface area contributed by atoms with Gasteiger partial charge in [0.05, 0.1) is 10.2 Å². The van der Waals surface area contributed by atoms with E-state index in [-0.39, 0.29) is 12.6 Å². The number of hydrogen-bond acceptors (Lipinski definition) is 4. The molecule has 0 aliphatic rings. The van der Waals surface area contributed by atoms with Crippen LogP contribution in [-0.2, 0) is 13.3 Å². The van der Waals surface area contributed by atoms with Gasteiger partial charge in [0.25, 0.3) is 5.91 Å². The highest BCUT2D eigenvalue weighted by molar-refractivity contribution is 9.10. The molecule has 0 unspecified atom stereocenters. The molecule has 154 valence electrons. The number of hydrogen-bond donors (Lipinski definition) is 1. The number of amides is 1. The highest BCUT2D eigenvalue weighted by Gasteiger charge is 2.12. The number of aryl methyl sites for hydroxylation is 2. The van der Waals surface area contributed by atoms with E-state index in [0.29, 0.717) is 51.8 Å². The van der Waals surface area contributed by atoms with Gasteiger partial charge in [-0.05, 0) is 53.5 Å². The quantitative estimate of drug-likeness (QED) is 0.425. The lowest BCUT2D eigenvalue weighted by Gasteiger charge is -2.08. The van der Waals surface area contributed by atoms with E-state index in [4.69, 9.17) is 39.5 Å². The molecule has 0 spiro atoms. The molecule has 1 N–H and O–H groups in total. The number of carbonyl (C=O) groups excluding carboxylic acids is 1. The average molecular weight is 522 g/mol. The van der Waals surface area contributed by atoms with E-state index in [0.717, 1.165) is 4.47 Å². The molecule has 0 bridgehead atoms. The summed E-state index contributed by atoms with van der Waals surface area (Å²) in [6.45, 7) is 2.95. The van der Waals surface area contributed by atoms with Crippen LogP contribution in [-0.4, -0.2) is 32.0 Å². The Morgan fingerprint density at radius 2 is 2.03 bits per heavy atom. The minimum Gasteiger partial charge on any atom is -0.470 e. The first-order valence-electron chi connectivity index (χ1n) is 8.63. The molecule has 2 heterocycles. The second-order valence-electron chi connectivity index (χ2n) is 6.11. The number of halogens is 4. The fourth-order valence-electron chi connectivity index (χ4n) is 2.48. The molecule has 0 fully saturated rings. The molecular weight excluding hydrogens is 504 g/mol. The third kappa shape index (κ3) is 5.66. The van der Waals surface area contributed by atoms with Crippen LogP contribution < -0.4 is 10.1 Å². The Labute approximate surface area is 191 Å². The molecular formula is C18H17BrCl3N5O2. The third-order valence-electron chi connectivity index (χ3n) is 3.95. The SMILES string of the molecule is Cc1nn(CCCNC(=O)c2ccn(COc3ccc(Cl)cc3Br)n2)c(Cl)c1Cl. The van der Waals surface area contributed by atoms with Gasteiger partial charge in [0.2, 0.25) is 0 Å². The zero-order chi connectivity index (χ0) is 21.0. The van der Waals surface area contributed by atoms with Crippen LogP contribution in [0.2, 0.25) is 15.2 Å². The largest absolute Gasteiger partial charge is 0.470 e. The number of benzene rings is 1. The van der Waals surface area contributed by atoms with Crippen molar-refractivity contribution in [3.8, 4) is 5.75 Å². The highest BCUT2D eigenvalue weighted by Crippen LogP contribution is 2.28. The summed E-state index contributed by atoms with van der Waals surface area (Å²) in [4.78, 5) is 12.2. The zero-order valence-corrected chi connectivity index (χ0v) is 19.2. The second-order valence-corrected chi connectivity index (χ2v) is 8.14. The lowest BCUT2D eigenvalue weighted by Crippen LogP contribution is -2.26. The van der Waals surface area contributed by atoms with Gasteiger partial charge < -0.3 is 10.1 Å². The lowest BCUT2D eigenvalue weighted by atomic mass is 10.3. The Bertz CT molecular complexity index is 1020. The number of aromatic nitrogens is 4. The number of carbonyl (C=O) groups is 1. The molecule has 0 radical (unpaired) electrons. The van der Waals surface area contributed by atoms with Crippen LogP contribution >= 0.6 is 50.7 Å². The molecule has 2 aromatic heterocycles. The topological polar surface area (TPSA) is 74.0 Å². The normalized spacial score (nSPS) is 10.9. The van der Waals surface area contributed by atoms with Crippen LogP contribution in [0.1, 0.15) is 22.6 Å². The van der Waals surface area contributed by atoms with Gasteiger partial charge in [-0.3, -0.25) is 9.48 Å². The van der Waals surface area contributed by atoms with Gasteiger partial charge in [0, 0.05) is 24.3 Å². The van der Waals surface area contributed by atoms with Crippen molar-refractivity contribution in [1.82, 2.24) is 24.9 Å². The molecule has 3 rings (SSSR count). The van der Waals surface area contributed by atoms with E-state index in [1.807, 2.05) is 0 Å².